The van der Waals surface area contributed by atoms with Crippen LogP contribution >= 0.6 is 0 Å². The quantitative estimate of drug-likeness (QED) is 0.635. The fourth-order valence-corrected chi connectivity index (χ4v) is 3.34. The lowest BCUT2D eigenvalue weighted by Crippen LogP contribution is -2.55. The standard InChI is InChI=1S/C17H18F9NO/c1-3-27(4-2)11-8-6-5-7-10(11)12(28)9-13(18)14(19,20)16(23,24)17(25,26)15(13,21)22/h5-8,12,28H,3-4,9H2,1-2H3. The number of para-hydroxylation sites is 1. The van der Waals surface area contributed by atoms with Crippen LogP contribution in [0.25, 0.3) is 0 Å². The number of alkyl halides is 9. The van der Waals surface area contributed by atoms with Gasteiger partial charge in [0.15, 0.2) is 0 Å². The lowest BCUT2D eigenvalue weighted by atomic mass is 9.87. The van der Waals surface area contributed by atoms with Crippen molar-refractivity contribution in [3.63, 3.8) is 0 Å². The van der Waals surface area contributed by atoms with Crippen LogP contribution in [0.5, 0.6) is 0 Å². The fourth-order valence-electron chi connectivity index (χ4n) is 3.34. The van der Waals surface area contributed by atoms with Crippen molar-refractivity contribution in [3.05, 3.63) is 29.8 Å². The molecule has 0 heterocycles. The predicted molar refractivity (Wildman–Crippen MR) is 83.2 cm³/mol. The van der Waals surface area contributed by atoms with Crippen molar-refractivity contribution < 1.29 is 44.6 Å². The molecule has 0 saturated heterocycles. The zero-order valence-electron chi connectivity index (χ0n) is 14.8. The largest absolute Gasteiger partial charge is 0.388 e. The summed E-state index contributed by atoms with van der Waals surface area (Å²) >= 11 is 0. The minimum absolute atomic E-state index is 0.145. The Hall–Kier alpha value is -1.65. The maximum absolute atomic E-state index is 14.7. The number of aliphatic hydroxyl groups is 1. The monoisotopic (exact) mass is 423 g/mol. The first-order chi connectivity index (χ1) is 12.6. The van der Waals surface area contributed by atoms with Crippen LogP contribution in [-0.2, 0) is 0 Å². The Balaban J connectivity index is 2.53. The molecule has 0 spiro atoms. The Morgan fingerprint density at radius 2 is 1.21 bits per heavy atom. The Morgan fingerprint density at radius 1 is 0.786 bits per heavy atom. The summed E-state index contributed by atoms with van der Waals surface area (Å²) < 4.78 is 123. The fraction of sp³-hybridized carbons (Fsp3) is 0.647. The van der Waals surface area contributed by atoms with Gasteiger partial charge in [0, 0.05) is 30.8 Å². The summed E-state index contributed by atoms with van der Waals surface area (Å²) in [6.45, 7) is 3.99. The van der Waals surface area contributed by atoms with Crippen molar-refractivity contribution in [2.75, 3.05) is 18.0 Å². The number of benzene rings is 1. The molecule has 1 N–H and O–H groups in total. The van der Waals surface area contributed by atoms with Crippen molar-refractivity contribution in [1.82, 2.24) is 0 Å². The minimum Gasteiger partial charge on any atom is -0.388 e. The Bertz CT molecular complexity index is 692. The third kappa shape index (κ3) is 2.61. The van der Waals surface area contributed by atoms with Crippen molar-refractivity contribution >= 4 is 5.69 Å². The second kappa shape index (κ2) is 6.70. The molecule has 2 rings (SSSR count). The molecule has 2 nitrogen and oxygen atoms in total. The van der Waals surface area contributed by atoms with E-state index in [1.54, 1.807) is 18.7 Å². The summed E-state index contributed by atoms with van der Waals surface area (Å²) in [7, 11) is 0. The van der Waals surface area contributed by atoms with Gasteiger partial charge in [0.05, 0.1) is 6.10 Å². The number of anilines is 1. The molecule has 1 aromatic rings. The van der Waals surface area contributed by atoms with E-state index in [-0.39, 0.29) is 11.3 Å². The summed E-state index contributed by atoms with van der Waals surface area (Å²) in [5.74, 6) is -26.1. The Morgan fingerprint density at radius 3 is 1.64 bits per heavy atom. The first-order valence-electron chi connectivity index (χ1n) is 8.36. The van der Waals surface area contributed by atoms with Gasteiger partial charge >= 0.3 is 23.7 Å². The lowest BCUT2D eigenvalue weighted by Gasteiger charge is -2.33. The van der Waals surface area contributed by atoms with Gasteiger partial charge in [-0.25, -0.2) is 4.39 Å². The number of aliphatic hydroxyl groups excluding tert-OH is 1. The van der Waals surface area contributed by atoms with Crippen LogP contribution in [0.3, 0.4) is 0 Å². The van der Waals surface area contributed by atoms with E-state index in [0.717, 1.165) is 6.07 Å². The van der Waals surface area contributed by atoms with Gasteiger partial charge in [-0.2, -0.15) is 35.1 Å². The maximum Gasteiger partial charge on any atom is 0.381 e. The van der Waals surface area contributed by atoms with Crippen molar-refractivity contribution in [2.24, 2.45) is 0 Å². The molecule has 1 aromatic carbocycles. The van der Waals surface area contributed by atoms with E-state index in [9.17, 15) is 44.6 Å². The molecule has 1 atom stereocenters. The first-order valence-corrected chi connectivity index (χ1v) is 8.36. The number of hydrogen-bond acceptors (Lipinski definition) is 2. The molecule has 0 radical (unpaired) electrons. The zero-order chi connectivity index (χ0) is 21.8. The van der Waals surface area contributed by atoms with E-state index in [0.29, 0.717) is 13.1 Å². The molecule has 1 saturated carbocycles. The Kier molecular flexibility index (Phi) is 5.42. The van der Waals surface area contributed by atoms with Crippen LogP contribution in [0, 0.1) is 0 Å². The lowest BCUT2D eigenvalue weighted by molar-refractivity contribution is -0.303. The molecule has 11 heteroatoms. The highest BCUT2D eigenvalue weighted by atomic mass is 19.4. The third-order valence-corrected chi connectivity index (χ3v) is 5.05. The molecule has 1 aliphatic carbocycles. The van der Waals surface area contributed by atoms with Crippen molar-refractivity contribution in [1.29, 1.82) is 0 Å². The van der Waals surface area contributed by atoms with Gasteiger partial charge in [-0.1, -0.05) is 18.2 Å². The van der Waals surface area contributed by atoms with Crippen LogP contribution in [0.1, 0.15) is 31.9 Å². The molecule has 1 aliphatic rings. The van der Waals surface area contributed by atoms with Crippen LogP contribution in [0.15, 0.2) is 24.3 Å². The number of nitrogens with zero attached hydrogens (tertiary/aromatic N) is 1. The summed E-state index contributed by atoms with van der Waals surface area (Å²) in [6.07, 6.45) is -4.82. The molecule has 1 unspecified atom stereocenters. The van der Waals surface area contributed by atoms with Crippen LogP contribution in [0.4, 0.5) is 45.2 Å². The molecule has 0 bridgehead atoms. The normalized spacial score (nSPS) is 24.7. The molecule has 28 heavy (non-hydrogen) atoms. The van der Waals surface area contributed by atoms with E-state index < -0.39 is 41.9 Å². The van der Waals surface area contributed by atoms with Crippen molar-refractivity contribution in [2.45, 2.75) is 55.7 Å². The average molecular weight is 423 g/mol. The molecule has 0 amide bonds. The molecular weight excluding hydrogens is 405 g/mol. The van der Waals surface area contributed by atoms with E-state index >= 15 is 0 Å². The van der Waals surface area contributed by atoms with Crippen molar-refractivity contribution in [3.8, 4) is 0 Å². The highest BCUT2D eigenvalue weighted by molar-refractivity contribution is 5.54. The smallest absolute Gasteiger partial charge is 0.381 e. The van der Waals surface area contributed by atoms with Gasteiger partial charge in [0.2, 0.25) is 0 Å². The topological polar surface area (TPSA) is 23.5 Å². The summed E-state index contributed by atoms with van der Waals surface area (Å²) in [4.78, 5) is 1.55. The minimum atomic E-state index is -6.64. The van der Waals surface area contributed by atoms with Gasteiger partial charge in [-0.15, -0.1) is 0 Å². The second-order valence-electron chi connectivity index (χ2n) is 6.55. The molecule has 1 fully saturated rings. The van der Waals surface area contributed by atoms with Gasteiger partial charge in [0.1, 0.15) is 0 Å². The van der Waals surface area contributed by atoms with Crippen LogP contribution in [-0.4, -0.2) is 47.6 Å². The predicted octanol–water partition coefficient (Wildman–Crippen LogP) is 5.22. The Labute approximate surface area is 154 Å². The highest BCUT2D eigenvalue weighted by Gasteiger charge is 3.00. The third-order valence-electron chi connectivity index (χ3n) is 5.05. The van der Waals surface area contributed by atoms with E-state index in [1.165, 1.54) is 18.2 Å². The SMILES string of the molecule is CCN(CC)c1ccccc1C(O)CC1(F)C(F)(F)C(F)(F)C(F)(F)C1(F)F. The maximum atomic E-state index is 14.7. The summed E-state index contributed by atoms with van der Waals surface area (Å²) in [5, 5.41) is 10.1. The summed E-state index contributed by atoms with van der Waals surface area (Å²) in [6, 6.07) is 5.18. The van der Waals surface area contributed by atoms with Crippen LogP contribution in [0.2, 0.25) is 0 Å². The van der Waals surface area contributed by atoms with Gasteiger partial charge < -0.3 is 10.0 Å². The highest BCUT2D eigenvalue weighted by Crippen LogP contribution is 2.70. The first kappa shape index (κ1) is 22.6. The molecular formula is C17H18F9NO. The van der Waals surface area contributed by atoms with E-state index in [1.807, 2.05) is 0 Å². The number of rotatable bonds is 6. The average Bonchev–Trinajstić information content (AvgIpc) is 2.66. The number of hydrogen-bond donors (Lipinski definition) is 1. The zero-order valence-corrected chi connectivity index (χ0v) is 14.8. The van der Waals surface area contributed by atoms with E-state index in [2.05, 4.69) is 0 Å². The molecule has 160 valence electrons. The van der Waals surface area contributed by atoms with Gasteiger partial charge in [0.25, 0.3) is 5.67 Å². The van der Waals surface area contributed by atoms with Gasteiger partial charge in [-0.3, -0.25) is 0 Å². The van der Waals surface area contributed by atoms with Gasteiger partial charge in [-0.05, 0) is 19.9 Å². The van der Waals surface area contributed by atoms with Crippen LogP contribution < -0.4 is 4.90 Å². The molecule has 0 aliphatic heterocycles. The molecule has 0 aromatic heterocycles. The second-order valence-corrected chi connectivity index (χ2v) is 6.55. The number of halogens is 9. The van der Waals surface area contributed by atoms with E-state index in [4.69, 9.17) is 0 Å². The summed E-state index contributed by atoms with van der Waals surface area (Å²) in [5.41, 5.74) is -5.86.